The SMILES string of the molecule is CN(Cc1ncn[nH]1)C(=O)c1cscn1. The molecule has 2 aromatic heterocycles. The summed E-state index contributed by atoms with van der Waals surface area (Å²) in [5, 5.41) is 8.13. The first-order chi connectivity index (χ1) is 7.27. The molecule has 1 amide bonds. The van der Waals surface area contributed by atoms with E-state index in [4.69, 9.17) is 0 Å². The van der Waals surface area contributed by atoms with E-state index in [9.17, 15) is 4.79 Å². The highest BCUT2D eigenvalue weighted by molar-refractivity contribution is 7.07. The summed E-state index contributed by atoms with van der Waals surface area (Å²) in [4.78, 5) is 21.2. The molecule has 0 aliphatic rings. The number of hydrogen-bond donors (Lipinski definition) is 1. The van der Waals surface area contributed by atoms with E-state index in [1.807, 2.05) is 0 Å². The summed E-state index contributed by atoms with van der Waals surface area (Å²) in [5.41, 5.74) is 2.09. The van der Waals surface area contributed by atoms with Crippen LogP contribution in [0.25, 0.3) is 0 Å². The molecule has 78 valence electrons. The minimum atomic E-state index is -0.118. The lowest BCUT2D eigenvalue weighted by molar-refractivity contribution is 0.0776. The molecule has 0 spiro atoms. The zero-order chi connectivity index (χ0) is 10.7. The Morgan fingerprint density at radius 3 is 3.07 bits per heavy atom. The maximum Gasteiger partial charge on any atom is 0.273 e. The van der Waals surface area contributed by atoms with Crippen LogP contribution in [0, 0.1) is 0 Å². The van der Waals surface area contributed by atoms with Gasteiger partial charge in [0.1, 0.15) is 17.8 Å². The maximum atomic E-state index is 11.7. The largest absolute Gasteiger partial charge is 0.333 e. The van der Waals surface area contributed by atoms with Crippen molar-refractivity contribution in [2.24, 2.45) is 0 Å². The van der Waals surface area contributed by atoms with Crippen LogP contribution in [0.15, 0.2) is 17.2 Å². The van der Waals surface area contributed by atoms with Crippen molar-refractivity contribution in [1.29, 1.82) is 0 Å². The van der Waals surface area contributed by atoms with Gasteiger partial charge in [0, 0.05) is 12.4 Å². The van der Waals surface area contributed by atoms with Gasteiger partial charge in [-0.15, -0.1) is 11.3 Å². The summed E-state index contributed by atoms with van der Waals surface area (Å²) >= 11 is 1.40. The second-order valence-corrected chi connectivity index (χ2v) is 3.69. The Hall–Kier alpha value is -1.76. The second-order valence-electron chi connectivity index (χ2n) is 2.97. The molecule has 1 N–H and O–H groups in total. The van der Waals surface area contributed by atoms with Crippen molar-refractivity contribution in [2.45, 2.75) is 6.54 Å². The van der Waals surface area contributed by atoms with E-state index in [2.05, 4.69) is 20.2 Å². The maximum absolute atomic E-state index is 11.7. The zero-order valence-electron chi connectivity index (χ0n) is 8.04. The fourth-order valence-corrected chi connectivity index (χ4v) is 1.64. The van der Waals surface area contributed by atoms with Crippen molar-refractivity contribution in [3.8, 4) is 0 Å². The van der Waals surface area contributed by atoms with Gasteiger partial charge in [-0.1, -0.05) is 0 Å². The smallest absolute Gasteiger partial charge is 0.273 e. The highest BCUT2D eigenvalue weighted by atomic mass is 32.1. The van der Waals surface area contributed by atoms with Crippen LogP contribution in [0.1, 0.15) is 16.3 Å². The van der Waals surface area contributed by atoms with E-state index in [-0.39, 0.29) is 5.91 Å². The normalized spacial score (nSPS) is 10.2. The number of nitrogens with zero attached hydrogens (tertiary/aromatic N) is 4. The molecule has 2 aromatic rings. The summed E-state index contributed by atoms with van der Waals surface area (Å²) in [6.45, 7) is 0.399. The Labute approximate surface area is 90.0 Å². The first-order valence-corrected chi connectivity index (χ1v) is 5.19. The van der Waals surface area contributed by atoms with Gasteiger partial charge in [0.2, 0.25) is 0 Å². The lowest BCUT2D eigenvalue weighted by Gasteiger charge is -2.13. The molecule has 2 rings (SSSR count). The number of carbonyl (C=O) groups is 1. The number of amides is 1. The topological polar surface area (TPSA) is 74.8 Å². The van der Waals surface area contributed by atoms with Gasteiger partial charge in [0.25, 0.3) is 5.91 Å². The summed E-state index contributed by atoms with van der Waals surface area (Å²) in [6, 6.07) is 0. The monoisotopic (exact) mass is 223 g/mol. The molecule has 0 bridgehead atoms. The Kier molecular flexibility index (Phi) is 2.72. The van der Waals surface area contributed by atoms with Crippen LogP contribution in [0.5, 0.6) is 0 Å². The third kappa shape index (κ3) is 2.18. The molecule has 0 atom stereocenters. The molecule has 0 saturated heterocycles. The molecule has 0 unspecified atom stereocenters. The highest BCUT2D eigenvalue weighted by Crippen LogP contribution is 2.05. The van der Waals surface area contributed by atoms with E-state index < -0.39 is 0 Å². The zero-order valence-corrected chi connectivity index (χ0v) is 8.86. The molecule has 7 heteroatoms. The van der Waals surface area contributed by atoms with Gasteiger partial charge in [-0.2, -0.15) is 5.10 Å². The van der Waals surface area contributed by atoms with Gasteiger partial charge in [-0.05, 0) is 0 Å². The number of aromatic amines is 1. The summed E-state index contributed by atoms with van der Waals surface area (Å²) in [7, 11) is 1.70. The summed E-state index contributed by atoms with van der Waals surface area (Å²) < 4.78 is 0. The number of aromatic nitrogens is 4. The Morgan fingerprint density at radius 2 is 2.47 bits per heavy atom. The minimum Gasteiger partial charge on any atom is -0.333 e. The van der Waals surface area contributed by atoms with Gasteiger partial charge in [0.05, 0.1) is 12.1 Å². The van der Waals surface area contributed by atoms with E-state index in [1.54, 1.807) is 17.9 Å². The molecule has 15 heavy (non-hydrogen) atoms. The summed E-state index contributed by atoms with van der Waals surface area (Å²) in [5.74, 6) is 0.536. The summed E-state index contributed by atoms with van der Waals surface area (Å²) in [6.07, 6.45) is 1.41. The molecule has 0 radical (unpaired) electrons. The number of thiazole rings is 1. The number of carbonyl (C=O) groups excluding carboxylic acids is 1. The average molecular weight is 223 g/mol. The van der Waals surface area contributed by atoms with E-state index in [0.717, 1.165) is 0 Å². The molecular weight excluding hydrogens is 214 g/mol. The van der Waals surface area contributed by atoms with Crippen LogP contribution in [-0.2, 0) is 6.54 Å². The van der Waals surface area contributed by atoms with Crippen molar-refractivity contribution >= 4 is 17.2 Å². The van der Waals surface area contributed by atoms with Crippen LogP contribution in [0.2, 0.25) is 0 Å². The third-order valence-corrected chi connectivity index (χ3v) is 2.44. The Balaban J connectivity index is 2.03. The quantitative estimate of drug-likeness (QED) is 0.823. The lowest BCUT2D eigenvalue weighted by Crippen LogP contribution is -2.26. The molecule has 0 fully saturated rings. The first-order valence-electron chi connectivity index (χ1n) is 4.25. The minimum absolute atomic E-state index is 0.118. The molecule has 0 saturated carbocycles. The molecule has 2 heterocycles. The van der Waals surface area contributed by atoms with Crippen molar-refractivity contribution in [2.75, 3.05) is 7.05 Å². The van der Waals surface area contributed by atoms with Gasteiger partial charge in [-0.3, -0.25) is 9.89 Å². The van der Waals surface area contributed by atoms with Crippen molar-refractivity contribution in [1.82, 2.24) is 25.1 Å². The predicted octanol–water partition coefficient (Wildman–Crippen LogP) is 0.533. The molecule has 0 aliphatic carbocycles. The van der Waals surface area contributed by atoms with E-state index >= 15 is 0 Å². The van der Waals surface area contributed by atoms with Crippen molar-refractivity contribution in [3.63, 3.8) is 0 Å². The van der Waals surface area contributed by atoms with Gasteiger partial charge >= 0.3 is 0 Å². The molecule has 0 aromatic carbocycles. The van der Waals surface area contributed by atoms with E-state index in [0.29, 0.717) is 18.1 Å². The fraction of sp³-hybridized carbons (Fsp3) is 0.250. The van der Waals surface area contributed by atoms with Gasteiger partial charge < -0.3 is 4.90 Å². The third-order valence-electron chi connectivity index (χ3n) is 1.85. The van der Waals surface area contributed by atoms with Crippen LogP contribution in [-0.4, -0.2) is 38.0 Å². The average Bonchev–Trinajstić information content (AvgIpc) is 2.88. The first kappa shape index (κ1) is 9.78. The van der Waals surface area contributed by atoms with Crippen molar-refractivity contribution in [3.05, 3.63) is 28.7 Å². The van der Waals surface area contributed by atoms with Crippen LogP contribution >= 0.6 is 11.3 Å². The number of H-pyrrole nitrogens is 1. The molecule has 0 aliphatic heterocycles. The second kappa shape index (κ2) is 4.18. The Morgan fingerprint density at radius 1 is 1.60 bits per heavy atom. The van der Waals surface area contributed by atoms with E-state index in [1.165, 1.54) is 22.6 Å². The standard InChI is InChI=1S/C8H9N5OS/c1-13(2-7-9-4-11-12-7)8(14)6-3-15-5-10-6/h3-5H,2H2,1H3,(H,9,11,12). The van der Waals surface area contributed by atoms with Crippen molar-refractivity contribution < 1.29 is 4.79 Å². The number of rotatable bonds is 3. The van der Waals surface area contributed by atoms with Crippen LogP contribution in [0.3, 0.4) is 0 Å². The Bertz CT molecular complexity index is 424. The van der Waals surface area contributed by atoms with Crippen LogP contribution < -0.4 is 0 Å². The predicted molar refractivity (Wildman–Crippen MR) is 54.3 cm³/mol. The van der Waals surface area contributed by atoms with Gasteiger partial charge in [0.15, 0.2) is 0 Å². The lowest BCUT2D eigenvalue weighted by atomic mass is 10.4. The fourth-order valence-electron chi connectivity index (χ4n) is 1.12. The highest BCUT2D eigenvalue weighted by Gasteiger charge is 2.14. The van der Waals surface area contributed by atoms with Gasteiger partial charge in [-0.25, -0.2) is 9.97 Å². The number of nitrogens with one attached hydrogen (secondary N) is 1. The molecule has 6 nitrogen and oxygen atoms in total. The number of hydrogen-bond acceptors (Lipinski definition) is 5. The van der Waals surface area contributed by atoms with Crippen LogP contribution in [0.4, 0.5) is 0 Å². The molecular formula is C8H9N5OS.